The standard InChI is InChI=1S/C22H22FN5O2S/c23-22(14-1-2-14)11-27(12-22)15-3-4-19-18(7-15)17(5-6-25-19)21(30)26-9-20(29)28-13-31-10-16(28)8-24/h3-7,14,16H,1-2,9-13H2,(H,26,30)/t16-/m1/s1. The number of alkyl halides is 1. The predicted molar refractivity (Wildman–Crippen MR) is 116 cm³/mol. The van der Waals surface area contributed by atoms with Crippen LogP contribution in [-0.2, 0) is 4.79 Å². The number of nitrogens with one attached hydrogen (secondary N) is 1. The molecule has 9 heteroatoms. The first-order valence-electron chi connectivity index (χ1n) is 10.4. The van der Waals surface area contributed by atoms with Crippen molar-refractivity contribution < 1.29 is 14.0 Å². The largest absolute Gasteiger partial charge is 0.365 e. The van der Waals surface area contributed by atoms with Crippen molar-refractivity contribution in [2.45, 2.75) is 24.6 Å². The van der Waals surface area contributed by atoms with Crippen LogP contribution < -0.4 is 10.2 Å². The minimum Gasteiger partial charge on any atom is -0.365 e. The van der Waals surface area contributed by atoms with Gasteiger partial charge in [0.05, 0.1) is 42.7 Å². The van der Waals surface area contributed by atoms with Gasteiger partial charge in [-0.2, -0.15) is 5.26 Å². The first-order chi connectivity index (χ1) is 15.0. The van der Waals surface area contributed by atoms with Gasteiger partial charge in [0.1, 0.15) is 11.7 Å². The molecule has 3 aliphatic rings. The summed E-state index contributed by atoms with van der Waals surface area (Å²) < 4.78 is 14.7. The summed E-state index contributed by atoms with van der Waals surface area (Å²) in [7, 11) is 0. The highest BCUT2D eigenvalue weighted by atomic mass is 32.2. The van der Waals surface area contributed by atoms with Crippen LogP contribution >= 0.6 is 11.8 Å². The molecule has 7 nitrogen and oxygen atoms in total. The molecule has 3 heterocycles. The Labute approximate surface area is 183 Å². The number of benzene rings is 1. The lowest BCUT2D eigenvalue weighted by atomic mass is 9.90. The van der Waals surface area contributed by atoms with Gasteiger partial charge in [0.2, 0.25) is 5.91 Å². The highest BCUT2D eigenvalue weighted by Crippen LogP contribution is 2.48. The molecule has 2 saturated heterocycles. The van der Waals surface area contributed by atoms with E-state index in [0.29, 0.717) is 41.2 Å². The second kappa shape index (κ2) is 7.68. The lowest BCUT2D eigenvalue weighted by Gasteiger charge is -2.46. The molecule has 1 saturated carbocycles. The molecule has 1 aliphatic carbocycles. The van der Waals surface area contributed by atoms with Crippen molar-refractivity contribution in [1.29, 1.82) is 5.26 Å². The maximum absolute atomic E-state index is 14.7. The van der Waals surface area contributed by atoms with E-state index in [-0.39, 0.29) is 24.3 Å². The van der Waals surface area contributed by atoms with E-state index in [1.54, 1.807) is 12.3 Å². The van der Waals surface area contributed by atoms with Crippen LogP contribution in [0.1, 0.15) is 23.2 Å². The van der Waals surface area contributed by atoms with Crippen molar-refractivity contribution in [3.05, 3.63) is 36.0 Å². The summed E-state index contributed by atoms with van der Waals surface area (Å²) >= 11 is 1.52. The second-order valence-electron chi connectivity index (χ2n) is 8.42. The van der Waals surface area contributed by atoms with Crippen LogP contribution in [0.4, 0.5) is 10.1 Å². The van der Waals surface area contributed by atoms with Gasteiger partial charge in [0.15, 0.2) is 0 Å². The highest BCUT2D eigenvalue weighted by Gasteiger charge is 2.54. The molecule has 31 heavy (non-hydrogen) atoms. The maximum atomic E-state index is 14.7. The molecule has 5 rings (SSSR count). The van der Waals surface area contributed by atoms with Crippen molar-refractivity contribution in [3.8, 4) is 6.07 Å². The zero-order valence-corrected chi connectivity index (χ0v) is 17.7. The Morgan fingerprint density at radius 2 is 2.13 bits per heavy atom. The Hall–Kier alpha value is -2.86. The van der Waals surface area contributed by atoms with E-state index in [4.69, 9.17) is 5.26 Å². The third-order valence-corrected chi connectivity index (χ3v) is 7.32. The zero-order chi connectivity index (χ0) is 21.6. The van der Waals surface area contributed by atoms with E-state index in [1.165, 1.54) is 16.7 Å². The second-order valence-corrected chi connectivity index (χ2v) is 9.42. The predicted octanol–water partition coefficient (Wildman–Crippen LogP) is 2.33. The van der Waals surface area contributed by atoms with Crippen molar-refractivity contribution >= 4 is 40.2 Å². The number of amides is 2. The van der Waals surface area contributed by atoms with E-state index >= 15 is 0 Å². The normalized spacial score (nSPS) is 22.1. The molecule has 0 unspecified atom stereocenters. The minimum absolute atomic E-state index is 0.168. The fourth-order valence-electron chi connectivity index (χ4n) is 4.31. The molecular weight excluding hydrogens is 417 g/mol. The van der Waals surface area contributed by atoms with Crippen LogP contribution in [-0.4, -0.2) is 64.7 Å². The molecule has 1 atom stereocenters. The van der Waals surface area contributed by atoms with Gasteiger partial charge < -0.3 is 15.1 Å². The molecule has 0 radical (unpaired) electrons. The number of nitriles is 1. The lowest BCUT2D eigenvalue weighted by molar-refractivity contribution is -0.129. The number of rotatable bonds is 5. The third-order valence-electron chi connectivity index (χ3n) is 6.30. The maximum Gasteiger partial charge on any atom is 0.252 e. The Morgan fingerprint density at radius 3 is 2.87 bits per heavy atom. The Bertz CT molecular complexity index is 1090. The molecule has 1 aromatic carbocycles. The van der Waals surface area contributed by atoms with E-state index < -0.39 is 11.7 Å². The van der Waals surface area contributed by atoms with Crippen LogP contribution in [0.15, 0.2) is 30.5 Å². The number of nitrogens with zero attached hydrogens (tertiary/aromatic N) is 4. The average molecular weight is 440 g/mol. The van der Waals surface area contributed by atoms with Gasteiger partial charge in [-0.05, 0) is 43.0 Å². The molecule has 2 amide bonds. The van der Waals surface area contributed by atoms with Crippen molar-refractivity contribution in [2.24, 2.45) is 5.92 Å². The van der Waals surface area contributed by atoms with Crippen LogP contribution in [0, 0.1) is 17.2 Å². The number of carbonyl (C=O) groups is 2. The summed E-state index contributed by atoms with van der Waals surface area (Å²) in [5.41, 5.74) is 0.865. The van der Waals surface area contributed by atoms with Crippen LogP contribution in [0.3, 0.4) is 0 Å². The van der Waals surface area contributed by atoms with Gasteiger partial charge in [0, 0.05) is 23.0 Å². The van der Waals surface area contributed by atoms with Gasteiger partial charge in [-0.1, -0.05) is 0 Å². The number of aromatic nitrogens is 1. The van der Waals surface area contributed by atoms with E-state index in [9.17, 15) is 14.0 Å². The number of thioether (sulfide) groups is 1. The van der Waals surface area contributed by atoms with E-state index in [0.717, 1.165) is 18.5 Å². The SMILES string of the molecule is N#C[C@@H]1CSCN1C(=O)CNC(=O)c1ccnc2ccc(N3CC(F)(C4CC4)C3)cc12. The van der Waals surface area contributed by atoms with Crippen LogP contribution in [0.2, 0.25) is 0 Å². The summed E-state index contributed by atoms with van der Waals surface area (Å²) in [6, 6.07) is 8.89. The fraction of sp³-hybridized carbons (Fsp3) is 0.455. The van der Waals surface area contributed by atoms with Crippen LogP contribution in [0.5, 0.6) is 0 Å². The number of anilines is 1. The van der Waals surface area contributed by atoms with E-state index in [2.05, 4.69) is 16.4 Å². The number of halogens is 1. The number of hydrogen-bond donors (Lipinski definition) is 1. The zero-order valence-electron chi connectivity index (χ0n) is 16.9. The van der Waals surface area contributed by atoms with Crippen molar-refractivity contribution in [2.75, 3.05) is 36.2 Å². The minimum atomic E-state index is -1.08. The molecule has 0 spiro atoms. The quantitative estimate of drug-likeness (QED) is 0.769. The Morgan fingerprint density at radius 1 is 1.32 bits per heavy atom. The average Bonchev–Trinajstić information content (AvgIpc) is 3.51. The van der Waals surface area contributed by atoms with Gasteiger partial charge in [-0.25, -0.2) is 4.39 Å². The third kappa shape index (κ3) is 3.69. The molecule has 3 fully saturated rings. The number of hydrogen-bond acceptors (Lipinski definition) is 6. The van der Waals surface area contributed by atoms with Gasteiger partial charge in [-0.15, -0.1) is 11.8 Å². The van der Waals surface area contributed by atoms with Crippen molar-refractivity contribution in [3.63, 3.8) is 0 Å². The molecule has 2 aromatic rings. The lowest BCUT2D eigenvalue weighted by Crippen LogP contribution is -2.60. The van der Waals surface area contributed by atoms with Crippen molar-refractivity contribution in [1.82, 2.24) is 15.2 Å². The molecule has 1 aromatic heterocycles. The first-order valence-corrected chi connectivity index (χ1v) is 11.5. The molecule has 160 valence electrons. The summed E-state index contributed by atoms with van der Waals surface area (Å²) in [5.74, 6) is 0.593. The van der Waals surface area contributed by atoms with E-state index in [1.807, 2.05) is 23.1 Å². The molecule has 0 bridgehead atoms. The highest BCUT2D eigenvalue weighted by molar-refractivity contribution is 7.99. The fourth-order valence-corrected chi connectivity index (χ4v) is 5.41. The van der Waals surface area contributed by atoms with Gasteiger partial charge in [0.25, 0.3) is 5.91 Å². The van der Waals surface area contributed by atoms with Gasteiger partial charge in [-0.3, -0.25) is 14.6 Å². The number of fused-ring (bicyclic) bond motifs is 1. The Balaban J connectivity index is 1.30. The van der Waals surface area contributed by atoms with Crippen LogP contribution in [0.25, 0.3) is 10.9 Å². The Kier molecular flexibility index (Phi) is 4.97. The summed E-state index contributed by atoms with van der Waals surface area (Å²) in [6.07, 6.45) is 3.51. The topological polar surface area (TPSA) is 89.3 Å². The molecule has 2 aliphatic heterocycles. The first kappa shape index (κ1) is 20.1. The number of pyridine rings is 1. The van der Waals surface area contributed by atoms with Gasteiger partial charge >= 0.3 is 0 Å². The summed E-state index contributed by atoms with van der Waals surface area (Å²) in [5, 5.41) is 12.5. The molecular formula is C22H22FN5O2S. The monoisotopic (exact) mass is 439 g/mol. The smallest absolute Gasteiger partial charge is 0.252 e. The summed E-state index contributed by atoms with van der Waals surface area (Å²) in [4.78, 5) is 33.1. The summed E-state index contributed by atoms with van der Waals surface area (Å²) in [6.45, 7) is 0.597. The number of carbonyl (C=O) groups excluding carboxylic acids is 2. The molecule has 1 N–H and O–H groups in total.